The number of benzene rings is 1. The average molecular weight is 722 g/mol. The Kier molecular flexibility index (Phi) is 11.4. The molecule has 2 saturated heterocycles. The van der Waals surface area contributed by atoms with Gasteiger partial charge >= 0.3 is 0 Å². The van der Waals surface area contributed by atoms with Gasteiger partial charge in [-0.05, 0) is 51.0 Å². The lowest BCUT2D eigenvalue weighted by Gasteiger charge is -2.34. The van der Waals surface area contributed by atoms with Crippen LogP contribution in [0.3, 0.4) is 0 Å². The highest BCUT2D eigenvalue weighted by Gasteiger charge is 2.29. The van der Waals surface area contributed by atoms with Crippen LogP contribution >= 0.6 is 11.6 Å². The minimum absolute atomic E-state index is 0.0403. The number of nitrogens with zero attached hydrogens (tertiary/aromatic N) is 7. The summed E-state index contributed by atoms with van der Waals surface area (Å²) in [6.45, 7) is 10.3. The van der Waals surface area contributed by atoms with Crippen molar-refractivity contribution in [1.82, 2.24) is 34.6 Å². The SMILES string of the molecule is CCn1c(CNC(=O)c2nc(Cl)c(N)nc2N)[n+](CC2CCOCC2)c2ccc(OCC(=O)N3CCN(Cc4nc(C)ccc4OC)CC3)cc21. The maximum Gasteiger partial charge on any atom is 0.277 e. The molecule has 4 aromatic rings. The number of fused-ring (bicyclic) bond motifs is 1. The van der Waals surface area contributed by atoms with Crippen molar-refractivity contribution in [2.45, 2.75) is 52.9 Å². The third kappa shape index (κ3) is 8.26. The summed E-state index contributed by atoms with van der Waals surface area (Å²) in [5, 5.41) is 2.86. The molecule has 2 fully saturated rings. The largest absolute Gasteiger partial charge is 0.495 e. The van der Waals surface area contributed by atoms with Crippen LogP contribution < -0.4 is 30.8 Å². The van der Waals surface area contributed by atoms with E-state index in [1.54, 1.807) is 7.11 Å². The lowest BCUT2D eigenvalue weighted by Crippen LogP contribution is -2.49. The first-order chi connectivity index (χ1) is 24.6. The monoisotopic (exact) mass is 721 g/mol. The zero-order valence-electron chi connectivity index (χ0n) is 29.4. The number of nitrogens with one attached hydrogen (secondary N) is 1. The van der Waals surface area contributed by atoms with Gasteiger partial charge < -0.3 is 35.9 Å². The molecular weight excluding hydrogens is 676 g/mol. The van der Waals surface area contributed by atoms with Gasteiger partial charge in [0.15, 0.2) is 40.1 Å². The summed E-state index contributed by atoms with van der Waals surface area (Å²) in [6.07, 6.45) is 1.89. The first kappa shape index (κ1) is 36.1. The van der Waals surface area contributed by atoms with E-state index >= 15 is 0 Å². The number of hydrogen-bond donors (Lipinski definition) is 3. The van der Waals surface area contributed by atoms with Gasteiger partial charge in [-0.2, -0.15) is 0 Å². The van der Waals surface area contributed by atoms with E-state index in [1.165, 1.54) is 0 Å². The molecule has 0 unspecified atom stereocenters. The third-order valence-electron chi connectivity index (χ3n) is 9.53. The van der Waals surface area contributed by atoms with Crippen molar-refractivity contribution in [3.05, 3.63) is 58.4 Å². The second-order valence-electron chi connectivity index (χ2n) is 12.8. The highest BCUT2D eigenvalue weighted by molar-refractivity contribution is 6.31. The van der Waals surface area contributed by atoms with Crippen LogP contribution in [0.25, 0.3) is 11.0 Å². The number of carbonyl (C=O) groups is 2. The second kappa shape index (κ2) is 16.1. The van der Waals surface area contributed by atoms with Gasteiger partial charge in [-0.25, -0.2) is 19.1 Å². The Balaban J connectivity index is 1.14. The smallest absolute Gasteiger partial charge is 0.277 e. The number of halogens is 1. The minimum Gasteiger partial charge on any atom is -0.495 e. The lowest BCUT2D eigenvalue weighted by molar-refractivity contribution is -0.687. The number of ether oxygens (including phenoxy) is 3. The van der Waals surface area contributed by atoms with E-state index in [-0.39, 0.29) is 41.5 Å². The molecule has 2 aliphatic heterocycles. The number of methoxy groups -OCH3 is 1. The summed E-state index contributed by atoms with van der Waals surface area (Å²) >= 11 is 6.04. The predicted octanol–water partition coefficient (Wildman–Crippen LogP) is 2.35. The van der Waals surface area contributed by atoms with E-state index in [0.717, 1.165) is 79.7 Å². The number of pyridine rings is 1. The molecule has 51 heavy (non-hydrogen) atoms. The van der Waals surface area contributed by atoms with Crippen molar-refractivity contribution in [2.24, 2.45) is 5.92 Å². The van der Waals surface area contributed by atoms with E-state index < -0.39 is 5.91 Å². The van der Waals surface area contributed by atoms with Crippen LogP contribution in [0.4, 0.5) is 11.6 Å². The Morgan fingerprint density at radius 2 is 1.82 bits per heavy atom. The Bertz CT molecular complexity index is 1890. The van der Waals surface area contributed by atoms with Crippen LogP contribution in [0.5, 0.6) is 11.5 Å². The van der Waals surface area contributed by atoms with Gasteiger partial charge in [0.25, 0.3) is 17.6 Å². The molecule has 0 spiro atoms. The summed E-state index contributed by atoms with van der Waals surface area (Å²) in [4.78, 5) is 43.2. The molecule has 0 saturated carbocycles. The number of anilines is 2. The maximum atomic E-state index is 13.2. The first-order valence-corrected chi connectivity index (χ1v) is 17.7. The van der Waals surface area contributed by atoms with E-state index in [1.807, 2.05) is 42.2 Å². The number of rotatable bonds is 12. The van der Waals surface area contributed by atoms with Gasteiger partial charge in [0.2, 0.25) is 0 Å². The van der Waals surface area contributed by atoms with E-state index in [9.17, 15) is 9.59 Å². The summed E-state index contributed by atoms with van der Waals surface area (Å²) in [7, 11) is 1.65. The molecule has 15 nitrogen and oxygen atoms in total. The number of nitrogens with two attached hydrogens (primary N) is 2. The zero-order valence-corrected chi connectivity index (χ0v) is 30.1. The Labute approximate surface area is 301 Å². The highest BCUT2D eigenvalue weighted by atomic mass is 35.5. The molecule has 272 valence electrons. The molecule has 0 atom stereocenters. The van der Waals surface area contributed by atoms with Crippen molar-refractivity contribution in [2.75, 3.05) is 64.6 Å². The fraction of sp³-hybridized carbons (Fsp3) is 0.486. The van der Waals surface area contributed by atoms with Gasteiger partial charge in [-0.3, -0.25) is 19.5 Å². The fourth-order valence-electron chi connectivity index (χ4n) is 6.75. The van der Waals surface area contributed by atoms with E-state index in [4.69, 9.17) is 37.3 Å². The molecule has 0 aliphatic carbocycles. The van der Waals surface area contributed by atoms with E-state index in [2.05, 4.69) is 41.2 Å². The number of hydrogen-bond acceptors (Lipinski definition) is 11. The van der Waals surface area contributed by atoms with Crippen molar-refractivity contribution in [1.29, 1.82) is 0 Å². The Morgan fingerprint density at radius 3 is 2.55 bits per heavy atom. The molecule has 6 rings (SSSR count). The van der Waals surface area contributed by atoms with Gasteiger partial charge in [0.05, 0.1) is 25.9 Å². The quantitative estimate of drug-likeness (QED) is 0.183. The summed E-state index contributed by atoms with van der Waals surface area (Å²) in [5.74, 6) is 1.96. The number of aryl methyl sites for hydroxylation is 2. The summed E-state index contributed by atoms with van der Waals surface area (Å²) < 4.78 is 21.6. The topological polar surface area (TPSA) is 180 Å². The van der Waals surface area contributed by atoms with Crippen LogP contribution in [-0.2, 0) is 35.7 Å². The molecule has 2 amide bonds. The minimum atomic E-state index is -0.512. The summed E-state index contributed by atoms with van der Waals surface area (Å²) in [6, 6.07) is 9.75. The number of nitrogen functional groups attached to an aromatic ring is 2. The molecule has 3 aromatic heterocycles. The predicted molar refractivity (Wildman–Crippen MR) is 191 cm³/mol. The van der Waals surface area contributed by atoms with E-state index in [0.29, 0.717) is 37.8 Å². The van der Waals surface area contributed by atoms with Crippen LogP contribution in [-0.4, -0.2) is 94.2 Å². The van der Waals surface area contributed by atoms with Gasteiger partial charge in [0.1, 0.15) is 18.0 Å². The number of aromatic nitrogens is 5. The van der Waals surface area contributed by atoms with Gasteiger partial charge in [-0.15, -0.1) is 0 Å². The molecule has 0 bridgehead atoms. The second-order valence-corrected chi connectivity index (χ2v) is 13.2. The van der Waals surface area contributed by atoms with Gasteiger partial charge in [0, 0.05) is 63.6 Å². The van der Waals surface area contributed by atoms with Crippen LogP contribution in [0.15, 0.2) is 30.3 Å². The lowest BCUT2D eigenvalue weighted by atomic mass is 10.0. The van der Waals surface area contributed by atoms with Gasteiger partial charge in [-0.1, -0.05) is 11.6 Å². The molecule has 16 heteroatoms. The molecular formula is C35H46ClN10O5+. The van der Waals surface area contributed by atoms with Crippen molar-refractivity contribution < 1.29 is 28.4 Å². The molecule has 2 aliphatic rings. The van der Waals surface area contributed by atoms with Crippen LogP contribution in [0, 0.1) is 12.8 Å². The average Bonchev–Trinajstić information content (AvgIpc) is 3.42. The first-order valence-electron chi connectivity index (χ1n) is 17.3. The normalized spacial score (nSPS) is 15.6. The van der Waals surface area contributed by atoms with Crippen LogP contribution in [0.1, 0.15) is 47.5 Å². The fourth-order valence-corrected chi connectivity index (χ4v) is 6.87. The standard InChI is InChI=1S/C35H45ClN10O5/c1-4-45-27-17-24(51-21-30(47)44-13-11-43(12-14-44)20-25-28(49-3)8-5-22(2)40-25)6-7-26(27)46(19-23-9-15-50-16-10-23)29(45)18-39-35(48)31-33(37)42-34(38)32(36)41-31/h5-8,17,23H,4,9-16,18-21H2,1-3H3,(H4-,37,38,39,42,48)/p+1. The third-order valence-corrected chi connectivity index (χ3v) is 9.81. The highest BCUT2D eigenvalue weighted by Crippen LogP contribution is 2.25. The molecule has 1 aromatic carbocycles. The summed E-state index contributed by atoms with van der Waals surface area (Å²) in [5.41, 5.74) is 15.3. The number of imidazole rings is 1. The Hall–Kier alpha value is -4.73. The number of carbonyl (C=O) groups excluding carboxylic acids is 2. The van der Waals surface area contributed by atoms with Crippen molar-refractivity contribution in [3.8, 4) is 11.5 Å². The zero-order chi connectivity index (χ0) is 36.1. The molecule has 0 radical (unpaired) electrons. The Morgan fingerprint density at radius 1 is 1.06 bits per heavy atom. The van der Waals surface area contributed by atoms with Crippen LogP contribution in [0.2, 0.25) is 5.15 Å². The van der Waals surface area contributed by atoms with Crippen molar-refractivity contribution >= 4 is 46.1 Å². The molecule has 5 heterocycles. The maximum absolute atomic E-state index is 13.2. The number of piperazine rings is 1. The number of amides is 2. The molecule has 5 N–H and O–H groups in total. The van der Waals surface area contributed by atoms with Crippen molar-refractivity contribution in [3.63, 3.8) is 0 Å².